The quantitative estimate of drug-likeness (QED) is 0.405. The third-order valence-electron chi connectivity index (χ3n) is 1.97. The van der Waals surface area contributed by atoms with Crippen LogP contribution in [0.15, 0.2) is 12.1 Å². The van der Waals surface area contributed by atoms with Gasteiger partial charge in [-0.05, 0) is 12.1 Å². The van der Waals surface area contributed by atoms with Crippen molar-refractivity contribution in [3.05, 3.63) is 28.8 Å². The van der Waals surface area contributed by atoms with Gasteiger partial charge in [0.1, 0.15) is 18.2 Å². The normalized spacial score (nSPS) is 7.28. The van der Waals surface area contributed by atoms with Gasteiger partial charge >= 0.3 is 0 Å². The average molecular weight is 241 g/mol. The maximum atomic E-state index is 8.93. The van der Waals surface area contributed by atoms with Gasteiger partial charge in [0, 0.05) is 29.6 Å². The summed E-state index contributed by atoms with van der Waals surface area (Å²) in [5, 5.41) is 43.9. The van der Waals surface area contributed by atoms with Crippen molar-refractivity contribution in [2.24, 2.45) is 0 Å². The van der Waals surface area contributed by atoms with E-state index in [-0.39, 0.29) is 51.9 Å². The molecule has 1 aromatic rings. The van der Waals surface area contributed by atoms with Crippen molar-refractivity contribution in [2.45, 2.75) is 0 Å². The van der Waals surface area contributed by atoms with Crippen molar-refractivity contribution < 1.29 is 0 Å². The Bertz CT molecular complexity index is 660. The van der Waals surface area contributed by atoms with Crippen molar-refractivity contribution in [1.82, 2.24) is 0 Å². The Morgan fingerprint density at radius 3 is 1.72 bits per heavy atom. The summed E-state index contributed by atoms with van der Waals surface area (Å²) in [7, 11) is 0. The van der Waals surface area contributed by atoms with E-state index in [1.807, 2.05) is 0 Å². The van der Waals surface area contributed by atoms with Gasteiger partial charge < -0.3 is 0 Å². The van der Waals surface area contributed by atoms with Gasteiger partial charge in [-0.15, -0.1) is 0 Å². The Hall–Kier alpha value is -2.53. The van der Waals surface area contributed by atoms with Gasteiger partial charge in [-0.3, -0.25) is 0 Å². The SMILES string of the molecule is N#Cc1ccc(N(C#N)C#N)c(C#N)c1C#N.[Na]. The summed E-state index contributed by atoms with van der Waals surface area (Å²) in [6, 6.07) is 7.78. The fraction of sp³-hybridized carbons (Fsp3) is 0. The number of anilines is 1. The van der Waals surface area contributed by atoms with Crippen LogP contribution in [0.1, 0.15) is 16.7 Å². The molecule has 0 saturated heterocycles. The molecule has 6 nitrogen and oxygen atoms in total. The molecule has 18 heavy (non-hydrogen) atoms. The van der Waals surface area contributed by atoms with E-state index in [0.717, 1.165) is 0 Å². The molecule has 0 fully saturated rings. The Morgan fingerprint density at radius 1 is 0.778 bits per heavy atom. The number of nitriles is 5. The van der Waals surface area contributed by atoms with Crippen molar-refractivity contribution in [3.8, 4) is 30.6 Å². The number of nitrogens with zero attached hydrogens (tertiary/aromatic N) is 6. The Labute approximate surface area is 125 Å². The number of hydrogen-bond donors (Lipinski definition) is 0. The van der Waals surface area contributed by atoms with E-state index in [2.05, 4.69) is 0 Å². The molecule has 1 radical (unpaired) electrons. The minimum absolute atomic E-state index is 0. The Kier molecular flexibility index (Phi) is 5.95. The van der Waals surface area contributed by atoms with Crippen LogP contribution < -0.4 is 4.90 Å². The molecule has 1 aromatic carbocycles. The molecule has 0 bridgehead atoms. The molecule has 0 saturated carbocycles. The fourth-order valence-electron chi connectivity index (χ4n) is 1.23. The van der Waals surface area contributed by atoms with Gasteiger partial charge in [0.2, 0.25) is 0 Å². The second-order valence-electron chi connectivity index (χ2n) is 2.75. The van der Waals surface area contributed by atoms with Crippen LogP contribution in [0.5, 0.6) is 0 Å². The van der Waals surface area contributed by atoms with Gasteiger partial charge in [-0.1, -0.05) is 0 Å². The molecule has 0 aliphatic carbocycles. The van der Waals surface area contributed by atoms with E-state index < -0.39 is 0 Å². The molecule has 77 valence electrons. The summed E-state index contributed by atoms with van der Waals surface area (Å²) in [4.78, 5) is 0.598. The zero-order valence-corrected chi connectivity index (χ0v) is 11.3. The molecule has 0 N–H and O–H groups in total. The fourth-order valence-corrected chi connectivity index (χ4v) is 1.23. The minimum Gasteiger partial charge on any atom is -0.192 e. The van der Waals surface area contributed by atoms with E-state index >= 15 is 0 Å². The van der Waals surface area contributed by atoms with E-state index in [1.54, 1.807) is 30.6 Å². The molecule has 1 rings (SSSR count). The van der Waals surface area contributed by atoms with Crippen molar-refractivity contribution in [1.29, 1.82) is 26.3 Å². The molecular formula is C11H2N6Na. The average Bonchev–Trinajstić information content (AvgIpc) is 2.39. The molecular weight excluding hydrogens is 239 g/mol. The maximum Gasteiger partial charge on any atom is 0.198 e. The zero-order chi connectivity index (χ0) is 12.8. The smallest absolute Gasteiger partial charge is 0.192 e. The van der Waals surface area contributed by atoms with Gasteiger partial charge in [0.05, 0.1) is 22.4 Å². The first-order valence-electron chi connectivity index (χ1n) is 4.20. The van der Waals surface area contributed by atoms with Crippen LogP contribution in [0, 0.1) is 56.9 Å². The first-order valence-corrected chi connectivity index (χ1v) is 4.20. The standard InChI is InChI=1S/C11H2N6.Na/c12-3-8-1-2-11(17(6-15)7-16)10(5-14)9(8)4-13;/h1-2H;. The third-order valence-corrected chi connectivity index (χ3v) is 1.97. The Morgan fingerprint density at radius 2 is 1.33 bits per heavy atom. The summed E-state index contributed by atoms with van der Waals surface area (Å²) in [5.41, 5.74) is -0.269. The third kappa shape index (κ3) is 2.58. The second-order valence-corrected chi connectivity index (χ2v) is 2.75. The first kappa shape index (κ1) is 15.5. The zero-order valence-electron chi connectivity index (χ0n) is 9.34. The van der Waals surface area contributed by atoms with Gasteiger partial charge in [0.15, 0.2) is 12.4 Å². The second kappa shape index (κ2) is 6.93. The van der Waals surface area contributed by atoms with Crippen LogP contribution in [-0.2, 0) is 0 Å². The summed E-state index contributed by atoms with van der Waals surface area (Å²) in [6.45, 7) is 0. The van der Waals surface area contributed by atoms with Crippen LogP contribution in [-0.4, -0.2) is 29.6 Å². The Balaban J connectivity index is 0.00000289. The van der Waals surface area contributed by atoms with Crippen LogP contribution in [0.3, 0.4) is 0 Å². The van der Waals surface area contributed by atoms with Crippen LogP contribution in [0.2, 0.25) is 0 Å². The molecule has 0 amide bonds. The van der Waals surface area contributed by atoms with Gasteiger partial charge in [0.25, 0.3) is 0 Å². The van der Waals surface area contributed by atoms with Crippen molar-refractivity contribution in [3.63, 3.8) is 0 Å². The topological polar surface area (TPSA) is 122 Å². The van der Waals surface area contributed by atoms with Crippen molar-refractivity contribution in [2.75, 3.05) is 4.90 Å². The number of rotatable bonds is 1. The molecule has 0 atom stereocenters. The number of hydrogen-bond acceptors (Lipinski definition) is 6. The van der Waals surface area contributed by atoms with E-state index in [4.69, 9.17) is 26.3 Å². The summed E-state index contributed by atoms with van der Waals surface area (Å²) >= 11 is 0. The van der Waals surface area contributed by atoms with Crippen LogP contribution >= 0.6 is 0 Å². The van der Waals surface area contributed by atoms with Gasteiger partial charge in [-0.25, -0.2) is 0 Å². The summed E-state index contributed by atoms with van der Waals surface area (Å²) in [6.07, 6.45) is 3.12. The molecule has 0 heterocycles. The largest absolute Gasteiger partial charge is 0.198 e. The predicted octanol–water partition coefficient (Wildman–Crippen LogP) is 0.689. The monoisotopic (exact) mass is 241 g/mol. The molecule has 0 aliphatic heterocycles. The molecule has 0 unspecified atom stereocenters. The van der Waals surface area contributed by atoms with Crippen molar-refractivity contribution >= 4 is 35.2 Å². The molecule has 7 heteroatoms. The van der Waals surface area contributed by atoms with E-state index in [9.17, 15) is 0 Å². The molecule has 0 spiro atoms. The summed E-state index contributed by atoms with van der Waals surface area (Å²) in [5.74, 6) is 0. The maximum absolute atomic E-state index is 8.93. The molecule has 0 aliphatic rings. The van der Waals surface area contributed by atoms with E-state index in [0.29, 0.717) is 4.90 Å². The van der Waals surface area contributed by atoms with Crippen LogP contribution in [0.4, 0.5) is 5.69 Å². The van der Waals surface area contributed by atoms with E-state index in [1.165, 1.54) is 12.1 Å². The minimum atomic E-state index is -0.158. The molecule has 0 aromatic heterocycles. The summed E-state index contributed by atoms with van der Waals surface area (Å²) < 4.78 is 0. The predicted molar refractivity (Wildman–Crippen MR) is 60.0 cm³/mol. The number of benzene rings is 1. The first-order chi connectivity index (χ1) is 8.23. The van der Waals surface area contributed by atoms with Crippen LogP contribution in [0.25, 0.3) is 0 Å². The van der Waals surface area contributed by atoms with Gasteiger partial charge in [-0.2, -0.15) is 31.2 Å².